The van der Waals surface area contributed by atoms with Gasteiger partial charge >= 0.3 is 0 Å². The van der Waals surface area contributed by atoms with Crippen molar-refractivity contribution < 1.29 is 14.3 Å². The molecule has 0 aliphatic carbocycles. The monoisotopic (exact) mass is 427 g/mol. The molecule has 1 heterocycles. The lowest BCUT2D eigenvalue weighted by Gasteiger charge is -2.28. The lowest BCUT2D eigenvalue weighted by Crippen LogP contribution is -2.43. The Hall–Kier alpha value is -2.60. The number of rotatable bonds is 14. The van der Waals surface area contributed by atoms with Gasteiger partial charge in [-0.3, -0.25) is 9.59 Å². The second-order valence-electron chi connectivity index (χ2n) is 7.96. The molecule has 0 bridgehead atoms. The molecule has 0 fully saturated rings. The molecule has 1 aromatic heterocycles. The minimum absolute atomic E-state index is 0.0278. The van der Waals surface area contributed by atoms with Crippen LogP contribution in [0.4, 0.5) is 0 Å². The van der Waals surface area contributed by atoms with Gasteiger partial charge in [-0.2, -0.15) is 0 Å². The molecule has 1 aromatic carbocycles. The summed E-state index contributed by atoms with van der Waals surface area (Å²) in [6, 6.07) is 14.0. The fourth-order valence-corrected chi connectivity index (χ4v) is 3.51. The number of amides is 2. The number of unbranched alkanes of at least 4 members (excludes halogenated alkanes) is 3. The third kappa shape index (κ3) is 8.58. The van der Waals surface area contributed by atoms with Crippen LogP contribution in [0.2, 0.25) is 0 Å². The van der Waals surface area contributed by atoms with Gasteiger partial charge in [0, 0.05) is 45.6 Å². The summed E-state index contributed by atoms with van der Waals surface area (Å²) < 4.78 is 7.20. The minimum Gasteiger partial charge on any atom is -0.383 e. The zero-order valence-electron chi connectivity index (χ0n) is 19.3. The molecule has 2 aromatic rings. The Morgan fingerprint density at radius 3 is 2.35 bits per heavy atom. The van der Waals surface area contributed by atoms with E-state index in [1.807, 2.05) is 65.2 Å². The van der Waals surface area contributed by atoms with E-state index in [2.05, 4.69) is 6.92 Å². The second kappa shape index (κ2) is 13.7. The molecule has 0 spiro atoms. The molecule has 2 amide bonds. The zero-order valence-corrected chi connectivity index (χ0v) is 19.3. The summed E-state index contributed by atoms with van der Waals surface area (Å²) in [5.74, 6) is -0.0249. The number of hydrogen-bond donors (Lipinski definition) is 0. The van der Waals surface area contributed by atoms with Crippen molar-refractivity contribution in [2.45, 2.75) is 52.1 Å². The summed E-state index contributed by atoms with van der Waals surface area (Å²) >= 11 is 0. The Labute approximate surface area is 186 Å². The van der Waals surface area contributed by atoms with Crippen LogP contribution in [0.15, 0.2) is 48.7 Å². The highest BCUT2D eigenvalue weighted by atomic mass is 16.5. The number of aromatic nitrogens is 1. The van der Waals surface area contributed by atoms with Gasteiger partial charge in [0.15, 0.2) is 0 Å². The van der Waals surface area contributed by atoms with Gasteiger partial charge in [0.25, 0.3) is 0 Å². The average molecular weight is 428 g/mol. The van der Waals surface area contributed by atoms with E-state index in [-0.39, 0.29) is 18.4 Å². The van der Waals surface area contributed by atoms with Crippen LogP contribution in [0.3, 0.4) is 0 Å². The lowest BCUT2D eigenvalue weighted by molar-refractivity contribution is -0.141. The maximum atomic E-state index is 13.3. The van der Waals surface area contributed by atoms with Crippen LogP contribution in [0.25, 0.3) is 0 Å². The number of aryl methyl sites for hydroxylation is 1. The van der Waals surface area contributed by atoms with Gasteiger partial charge in [-0.25, -0.2) is 0 Å². The van der Waals surface area contributed by atoms with E-state index >= 15 is 0 Å². The van der Waals surface area contributed by atoms with Crippen molar-refractivity contribution in [3.63, 3.8) is 0 Å². The molecule has 0 saturated heterocycles. The SMILES string of the molecule is CCCCCCC(=O)N(CCOC)CC(=O)N(Cc1ccccc1)Cc1cccn1C. The topological polar surface area (TPSA) is 54.8 Å². The first-order chi connectivity index (χ1) is 15.0. The largest absolute Gasteiger partial charge is 0.383 e. The van der Waals surface area contributed by atoms with Crippen molar-refractivity contribution in [1.29, 1.82) is 0 Å². The normalized spacial score (nSPS) is 10.8. The van der Waals surface area contributed by atoms with Crippen molar-refractivity contribution in [2.75, 3.05) is 26.8 Å². The van der Waals surface area contributed by atoms with Gasteiger partial charge in [-0.05, 0) is 24.1 Å². The van der Waals surface area contributed by atoms with Gasteiger partial charge in [0.2, 0.25) is 11.8 Å². The molecule has 2 rings (SSSR count). The van der Waals surface area contributed by atoms with Gasteiger partial charge in [-0.15, -0.1) is 0 Å². The number of nitrogens with zero attached hydrogens (tertiary/aromatic N) is 3. The summed E-state index contributed by atoms with van der Waals surface area (Å²) in [6.07, 6.45) is 6.63. The van der Waals surface area contributed by atoms with E-state index < -0.39 is 0 Å². The molecule has 0 atom stereocenters. The van der Waals surface area contributed by atoms with Crippen LogP contribution in [-0.2, 0) is 34.5 Å². The molecule has 0 saturated carbocycles. The predicted octanol–water partition coefficient (Wildman–Crippen LogP) is 4.00. The van der Waals surface area contributed by atoms with Gasteiger partial charge in [0.1, 0.15) is 0 Å². The second-order valence-corrected chi connectivity index (χ2v) is 7.96. The highest BCUT2D eigenvalue weighted by molar-refractivity contribution is 5.84. The summed E-state index contributed by atoms with van der Waals surface area (Å²) in [7, 11) is 3.59. The molecule has 0 N–H and O–H groups in total. The van der Waals surface area contributed by atoms with Gasteiger partial charge < -0.3 is 19.1 Å². The summed E-state index contributed by atoms with van der Waals surface area (Å²) in [6.45, 7) is 4.09. The van der Waals surface area contributed by atoms with Crippen molar-refractivity contribution in [1.82, 2.24) is 14.4 Å². The Morgan fingerprint density at radius 1 is 0.935 bits per heavy atom. The number of carbonyl (C=O) groups excluding carboxylic acids is 2. The number of carbonyl (C=O) groups is 2. The molecule has 0 unspecified atom stereocenters. The lowest BCUT2D eigenvalue weighted by atomic mass is 10.1. The molecule has 0 radical (unpaired) electrons. The van der Waals surface area contributed by atoms with Crippen molar-refractivity contribution in [3.8, 4) is 0 Å². The third-order valence-electron chi connectivity index (χ3n) is 5.46. The Balaban J connectivity index is 2.09. The van der Waals surface area contributed by atoms with Gasteiger partial charge in [0.05, 0.1) is 19.7 Å². The number of methoxy groups -OCH3 is 1. The number of benzene rings is 1. The molecular weight excluding hydrogens is 390 g/mol. The number of ether oxygens (including phenoxy) is 1. The Kier molecular flexibility index (Phi) is 10.9. The fraction of sp³-hybridized carbons (Fsp3) is 0.520. The van der Waals surface area contributed by atoms with Crippen molar-refractivity contribution in [2.24, 2.45) is 7.05 Å². The summed E-state index contributed by atoms with van der Waals surface area (Å²) in [4.78, 5) is 29.6. The maximum absolute atomic E-state index is 13.3. The first-order valence-electron chi connectivity index (χ1n) is 11.2. The Bertz CT molecular complexity index is 788. The highest BCUT2D eigenvalue weighted by Crippen LogP contribution is 2.12. The molecule has 6 heteroatoms. The van der Waals surface area contributed by atoms with Crippen LogP contribution in [0.5, 0.6) is 0 Å². The highest BCUT2D eigenvalue weighted by Gasteiger charge is 2.22. The minimum atomic E-state index is -0.0527. The summed E-state index contributed by atoms with van der Waals surface area (Å²) in [5.41, 5.74) is 2.12. The fourth-order valence-electron chi connectivity index (χ4n) is 3.51. The maximum Gasteiger partial charge on any atom is 0.242 e. The molecule has 0 aliphatic rings. The smallest absolute Gasteiger partial charge is 0.242 e. The van der Waals surface area contributed by atoms with E-state index in [1.54, 1.807) is 12.0 Å². The summed E-state index contributed by atoms with van der Waals surface area (Å²) in [5, 5.41) is 0. The molecule has 0 aliphatic heterocycles. The van der Waals surface area contributed by atoms with Gasteiger partial charge in [-0.1, -0.05) is 56.5 Å². The molecule has 31 heavy (non-hydrogen) atoms. The van der Waals surface area contributed by atoms with E-state index in [9.17, 15) is 9.59 Å². The predicted molar refractivity (Wildman–Crippen MR) is 123 cm³/mol. The third-order valence-corrected chi connectivity index (χ3v) is 5.46. The van der Waals surface area contributed by atoms with Crippen LogP contribution in [0, 0.1) is 0 Å². The van der Waals surface area contributed by atoms with Crippen LogP contribution >= 0.6 is 0 Å². The first-order valence-corrected chi connectivity index (χ1v) is 11.2. The Morgan fingerprint density at radius 2 is 1.71 bits per heavy atom. The average Bonchev–Trinajstić information content (AvgIpc) is 3.18. The standard InChI is InChI=1S/C25H37N3O3/c1-4-5-6-10-15-24(29)27(17-18-31-3)21-25(30)28(19-22-12-8-7-9-13-22)20-23-14-11-16-26(23)2/h7-9,11-14,16H,4-6,10,15,17-21H2,1-3H3. The molecular formula is C25H37N3O3. The zero-order chi connectivity index (χ0) is 22.5. The molecule has 170 valence electrons. The van der Waals surface area contributed by atoms with E-state index in [1.165, 1.54) is 0 Å². The van der Waals surface area contributed by atoms with E-state index in [4.69, 9.17) is 4.74 Å². The first kappa shape index (κ1) is 24.7. The van der Waals surface area contributed by atoms with Crippen LogP contribution < -0.4 is 0 Å². The van der Waals surface area contributed by atoms with Crippen LogP contribution in [0.1, 0.15) is 50.3 Å². The van der Waals surface area contributed by atoms with E-state index in [0.29, 0.717) is 32.7 Å². The van der Waals surface area contributed by atoms with Crippen molar-refractivity contribution >= 4 is 11.8 Å². The number of hydrogen-bond acceptors (Lipinski definition) is 3. The van der Waals surface area contributed by atoms with Crippen LogP contribution in [-0.4, -0.2) is 53.0 Å². The quantitative estimate of drug-likeness (QED) is 0.428. The molecule has 6 nitrogen and oxygen atoms in total. The van der Waals surface area contributed by atoms with E-state index in [0.717, 1.165) is 36.9 Å². The van der Waals surface area contributed by atoms with Crippen molar-refractivity contribution in [3.05, 3.63) is 59.9 Å².